The zero-order valence-electron chi connectivity index (χ0n) is 18.5. The van der Waals surface area contributed by atoms with Gasteiger partial charge in [-0.3, -0.25) is 9.59 Å². The van der Waals surface area contributed by atoms with Gasteiger partial charge < -0.3 is 24.4 Å². The Labute approximate surface area is 188 Å². The fraction of sp³-hybridized carbons (Fsp3) is 0.440. The van der Waals surface area contributed by atoms with Crippen molar-refractivity contribution in [1.82, 2.24) is 10.2 Å². The van der Waals surface area contributed by atoms with Gasteiger partial charge in [0, 0.05) is 12.1 Å². The van der Waals surface area contributed by atoms with E-state index in [1.807, 2.05) is 23.1 Å². The lowest BCUT2D eigenvalue weighted by Crippen LogP contribution is -2.39. The standard InChI is InChI=1S/C25H30N2O5/c1-2-3-13-30-20-9-6-18(7-10-20)25(29)26-17-24(28)27-12-4-5-21(27)19-8-11-22-23(16-19)32-15-14-31-22/h6-11,16,21H,2-5,12-15,17H2,1H3,(H,26,29). The van der Waals surface area contributed by atoms with Gasteiger partial charge in [0.15, 0.2) is 11.5 Å². The van der Waals surface area contributed by atoms with E-state index < -0.39 is 0 Å². The normalized spacial score (nSPS) is 17.2. The summed E-state index contributed by atoms with van der Waals surface area (Å²) >= 11 is 0. The average Bonchev–Trinajstić information content (AvgIpc) is 3.33. The van der Waals surface area contributed by atoms with Crippen LogP contribution in [0.25, 0.3) is 0 Å². The van der Waals surface area contributed by atoms with E-state index in [1.54, 1.807) is 24.3 Å². The fourth-order valence-corrected chi connectivity index (χ4v) is 4.08. The second kappa shape index (κ2) is 10.4. The third kappa shape index (κ3) is 5.15. The Hall–Kier alpha value is -3.22. The number of fused-ring (bicyclic) bond motifs is 1. The van der Waals surface area contributed by atoms with Gasteiger partial charge in [-0.2, -0.15) is 0 Å². The van der Waals surface area contributed by atoms with E-state index in [0.29, 0.717) is 31.9 Å². The summed E-state index contributed by atoms with van der Waals surface area (Å²) in [6.45, 7) is 4.50. The molecule has 2 aromatic carbocycles. The molecule has 0 spiro atoms. The van der Waals surface area contributed by atoms with Crippen LogP contribution in [0.3, 0.4) is 0 Å². The SMILES string of the molecule is CCCCOc1ccc(C(=O)NCC(=O)N2CCCC2c2ccc3c(c2)OCCO3)cc1. The smallest absolute Gasteiger partial charge is 0.251 e. The number of ether oxygens (including phenoxy) is 3. The highest BCUT2D eigenvalue weighted by atomic mass is 16.6. The van der Waals surface area contributed by atoms with Crippen LogP contribution in [0.5, 0.6) is 17.2 Å². The van der Waals surface area contributed by atoms with Crippen LogP contribution in [0.1, 0.15) is 54.6 Å². The molecule has 4 rings (SSSR count). The van der Waals surface area contributed by atoms with E-state index in [1.165, 1.54) is 0 Å². The minimum Gasteiger partial charge on any atom is -0.494 e. The molecule has 1 unspecified atom stereocenters. The summed E-state index contributed by atoms with van der Waals surface area (Å²) in [7, 11) is 0. The molecule has 170 valence electrons. The van der Waals surface area contributed by atoms with E-state index in [4.69, 9.17) is 14.2 Å². The van der Waals surface area contributed by atoms with Crippen LogP contribution in [0.4, 0.5) is 0 Å². The largest absolute Gasteiger partial charge is 0.494 e. The molecule has 0 saturated carbocycles. The number of likely N-dealkylation sites (tertiary alicyclic amines) is 1. The van der Waals surface area contributed by atoms with Crippen molar-refractivity contribution in [2.45, 2.75) is 38.6 Å². The summed E-state index contributed by atoms with van der Waals surface area (Å²) in [4.78, 5) is 27.2. The van der Waals surface area contributed by atoms with Gasteiger partial charge in [0.05, 0.1) is 19.2 Å². The Morgan fingerprint density at radius 3 is 2.66 bits per heavy atom. The van der Waals surface area contributed by atoms with E-state index in [9.17, 15) is 9.59 Å². The number of amides is 2. The van der Waals surface area contributed by atoms with Gasteiger partial charge in [-0.05, 0) is 61.2 Å². The van der Waals surface area contributed by atoms with Gasteiger partial charge in [0.25, 0.3) is 5.91 Å². The summed E-state index contributed by atoms with van der Waals surface area (Å²) in [6.07, 6.45) is 3.88. The zero-order valence-corrected chi connectivity index (χ0v) is 18.5. The van der Waals surface area contributed by atoms with Crippen molar-refractivity contribution >= 4 is 11.8 Å². The van der Waals surface area contributed by atoms with Crippen molar-refractivity contribution in [3.63, 3.8) is 0 Å². The monoisotopic (exact) mass is 438 g/mol. The molecular weight excluding hydrogens is 408 g/mol. The number of nitrogens with one attached hydrogen (secondary N) is 1. The lowest BCUT2D eigenvalue weighted by Gasteiger charge is -2.27. The highest BCUT2D eigenvalue weighted by Crippen LogP contribution is 2.38. The lowest BCUT2D eigenvalue weighted by atomic mass is 10.0. The van der Waals surface area contributed by atoms with Crippen molar-refractivity contribution < 1.29 is 23.8 Å². The van der Waals surface area contributed by atoms with E-state index >= 15 is 0 Å². The summed E-state index contributed by atoms with van der Waals surface area (Å²) in [5, 5.41) is 2.75. The van der Waals surface area contributed by atoms with Crippen molar-refractivity contribution in [3.8, 4) is 17.2 Å². The highest BCUT2D eigenvalue weighted by Gasteiger charge is 2.31. The molecule has 2 aromatic rings. The first-order valence-electron chi connectivity index (χ1n) is 11.4. The fourth-order valence-electron chi connectivity index (χ4n) is 4.08. The molecule has 2 amide bonds. The van der Waals surface area contributed by atoms with Crippen LogP contribution in [-0.4, -0.2) is 49.6 Å². The maximum absolute atomic E-state index is 12.9. The number of unbranched alkanes of at least 4 members (excludes halogenated alkanes) is 1. The van der Waals surface area contributed by atoms with Crippen LogP contribution in [0.2, 0.25) is 0 Å². The molecule has 1 fully saturated rings. The predicted octanol–water partition coefficient (Wildman–Crippen LogP) is 3.73. The van der Waals surface area contributed by atoms with Crippen LogP contribution < -0.4 is 19.5 Å². The van der Waals surface area contributed by atoms with Crippen molar-refractivity contribution in [2.24, 2.45) is 0 Å². The molecule has 1 saturated heterocycles. The second-order valence-electron chi connectivity index (χ2n) is 8.06. The third-order valence-electron chi connectivity index (χ3n) is 5.81. The van der Waals surface area contributed by atoms with Gasteiger partial charge in [0.1, 0.15) is 19.0 Å². The van der Waals surface area contributed by atoms with Crippen LogP contribution in [0, 0.1) is 0 Å². The maximum Gasteiger partial charge on any atom is 0.251 e. The number of hydrogen-bond acceptors (Lipinski definition) is 5. The van der Waals surface area contributed by atoms with Crippen molar-refractivity contribution in [2.75, 3.05) is 32.9 Å². The average molecular weight is 439 g/mol. The predicted molar refractivity (Wildman–Crippen MR) is 120 cm³/mol. The molecule has 7 nitrogen and oxygen atoms in total. The number of carbonyl (C=O) groups is 2. The molecular formula is C25H30N2O5. The van der Waals surface area contributed by atoms with Gasteiger partial charge in [-0.25, -0.2) is 0 Å². The summed E-state index contributed by atoms with van der Waals surface area (Å²) in [5.41, 5.74) is 1.54. The molecule has 1 atom stereocenters. The summed E-state index contributed by atoms with van der Waals surface area (Å²) in [6, 6.07) is 12.8. The Kier molecular flexibility index (Phi) is 7.14. The van der Waals surface area contributed by atoms with Gasteiger partial charge in [-0.15, -0.1) is 0 Å². The molecule has 1 N–H and O–H groups in total. The Morgan fingerprint density at radius 1 is 1.09 bits per heavy atom. The van der Waals surface area contributed by atoms with Crippen LogP contribution >= 0.6 is 0 Å². The number of nitrogens with zero attached hydrogens (tertiary/aromatic N) is 1. The molecule has 0 aromatic heterocycles. The number of benzene rings is 2. The molecule has 2 aliphatic heterocycles. The van der Waals surface area contributed by atoms with Gasteiger partial charge in [-0.1, -0.05) is 19.4 Å². The van der Waals surface area contributed by atoms with E-state index in [0.717, 1.165) is 48.5 Å². The van der Waals surface area contributed by atoms with Gasteiger partial charge in [0.2, 0.25) is 5.91 Å². The minimum absolute atomic E-state index is 0.0187. The molecule has 0 aliphatic carbocycles. The first kappa shape index (κ1) is 22.0. The lowest BCUT2D eigenvalue weighted by molar-refractivity contribution is -0.131. The van der Waals surface area contributed by atoms with Crippen molar-refractivity contribution in [1.29, 1.82) is 0 Å². The summed E-state index contributed by atoms with van der Waals surface area (Å²) in [5.74, 6) is 1.85. The second-order valence-corrected chi connectivity index (χ2v) is 8.06. The Bertz CT molecular complexity index is 944. The van der Waals surface area contributed by atoms with Crippen LogP contribution in [0.15, 0.2) is 42.5 Å². The van der Waals surface area contributed by atoms with E-state index in [-0.39, 0.29) is 24.4 Å². The number of carbonyl (C=O) groups excluding carboxylic acids is 2. The van der Waals surface area contributed by atoms with E-state index in [2.05, 4.69) is 12.2 Å². The molecule has 0 radical (unpaired) electrons. The zero-order chi connectivity index (χ0) is 22.3. The quantitative estimate of drug-likeness (QED) is 0.636. The first-order chi connectivity index (χ1) is 15.7. The minimum atomic E-state index is -0.270. The highest BCUT2D eigenvalue weighted by molar-refractivity contribution is 5.96. The van der Waals surface area contributed by atoms with Crippen molar-refractivity contribution in [3.05, 3.63) is 53.6 Å². The molecule has 0 bridgehead atoms. The number of hydrogen-bond donors (Lipinski definition) is 1. The number of rotatable bonds is 8. The summed E-state index contributed by atoms with van der Waals surface area (Å²) < 4.78 is 16.9. The Balaban J connectivity index is 1.32. The van der Waals surface area contributed by atoms with Crippen LogP contribution in [-0.2, 0) is 4.79 Å². The molecule has 32 heavy (non-hydrogen) atoms. The molecule has 2 heterocycles. The van der Waals surface area contributed by atoms with Gasteiger partial charge >= 0.3 is 0 Å². The first-order valence-corrected chi connectivity index (χ1v) is 11.4. The topological polar surface area (TPSA) is 77.1 Å². The third-order valence-corrected chi connectivity index (χ3v) is 5.81. The molecule has 2 aliphatic rings. The Morgan fingerprint density at radius 2 is 1.88 bits per heavy atom. The molecule has 7 heteroatoms. The maximum atomic E-state index is 12.9.